The highest BCUT2D eigenvalue weighted by Crippen LogP contribution is 2.49. The van der Waals surface area contributed by atoms with Crippen molar-refractivity contribution in [3.8, 4) is 5.75 Å². The van der Waals surface area contributed by atoms with Crippen LogP contribution in [0.5, 0.6) is 5.75 Å². The van der Waals surface area contributed by atoms with Crippen LogP contribution < -0.4 is 20.7 Å². The van der Waals surface area contributed by atoms with E-state index >= 15 is 0 Å². The number of amides is 1. The molecule has 2 fully saturated rings. The summed E-state index contributed by atoms with van der Waals surface area (Å²) in [6.45, 7) is 0. The molecule has 2 saturated carbocycles. The first-order valence-corrected chi connectivity index (χ1v) is 13.9. The zero-order valence-electron chi connectivity index (χ0n) is 21.6. The Morgan fingerprint density at radius 1 is 1.00 bits per heavy atom. The molecular weight excluding hydrogens is 493 g/mol. The molecule has 0 aromatic heterocycles. The van der Waals surface area contributed by atoms with E-state index in [0.29, 0.717) is 17.1 Å². The molecule has 2 aromatic rings. The fraction of sp³-hybridized carbons (Fsp3) is 0.552. The predicted molar refractivity (Wildman–Crippen MR) is 145 cm³/mol. The van der Waals surface area contributed by atoms with E-state index in [0.717, 1.165) is 56.9 Å². The van der Waals surface area contributed by atoms with E-state index in [1.165, 1.54) is 12.5 Å². The minimum absolute atomic E-state index is 0.0342. The van der Waals surface area contributed by atoms with Crippen molar-refractivity contribution in [3.63, 3.8) is 0 Å². The molecule has 3 unspecified atom stereocenters. The molecule has 8 heteroatoms. The Kier molecular flexibility index (Phi) is 7.82. The first-order chi connectivity index (χ1) is 17.9. The molecule has 1 amide bonds. The van der Waals surface area contributed by atoms with Gasteiger partial charge in [0.25, 0.3) is 0 Å². The van der Waals surface area contributed by atoms with Crippen LogP contribution in [0.15, 0.2) is 36.4 Å². The standard InChI is InChI=1S/C29H37ClFN3O3/c1-36-21-14-12-18(13-15-21)26(28(35)32-20-10-6-7-11-20)29(27(37-2)19-8-4-3-5-9-19)33-24-16-22(30)23(31)17-25(24)34-29/h12-17,19-20,26-27,33-34H,3-11H2,1-2H3,(H,32,35). The third-order valence-corrected chi connectivity index (χ3v) is 8.68. The van der Waals surface area contributed by atoms with Crippen LogP contribution >= 0.6 is 11.6 Å². The van der Waals surface area contributed by atoms with Crippen LogP contribution in [0, 0.1) is 11.7 Å². The Morgan fingerprint density at radius 3 is 2.24 bits per heavy atom. The summed E-state index contributed by atoms with van der Waals surface area (Å²) >= 11 is 6.19. The topological polar surface area (TPSA) is 71.6 Å². The number of halogens is 2. The summed E-state index contributed by atoms with van der Waals surface area (Å²) in [4.78, 5) is 14.3. The highest BCUT2D eigenvalue weighted by atomic mass is 35.5. The number of fused-ring (bicyclic) bond motifs is 1. The third kappa shape index (κ3) is 5.13. The Hall–Kier alpha value is -2.51. The van der Waals surface area contributed by atoms with Crippen molar-refractivity contribution < 1.29 is 18.7 Å². The van der Waals surface area contributed by atoms with E-state index in [1.54, 1.807) is 20.3 Å². The van der Waals surface area contributed by atoms with Crippen molar-refractivity contribution in [2.75, 3.05) is 24.9 Å². The smallest absolute Gasteiger partial charge is 0.232 e. The molecule has 3 N–H and O–H groups in total. The van der Waals surface area contributed by atoms with Crippen molar-refractivity contribution in [2.45, 2.75) is 81.5 Å². The van der Waals surface area contributed by atoms with Crippen LogP contribution in [0.4, 0.5) is 15.8 Å². The molecular formula is C29H37ClFN3O3. The van der Waals surface area contributed by atoms with Gasteiger partial charge in [0.1, 0.15) is 23.6 Å². The fourth-order valence-electron chi connectivity index (χ4n) is 6.64. The quantitative estimate of drug-likeness (QED) is 0.366. The van der Waals surface area contributed by atoms with Gasteiger partial charge in [-0.1, -0.05) is 55.8 Å². The molecule has 5 rings (SSSR count). The number of nitrogens with one attached hydrogen (secondary N) is 3. The average molecular weight is 530 g/mol. The van der Waals surface area contributed by atoms with Gasteiger partial charge in [-0.05, 0) is 55.4 Å². The van der Waals surface area contributed by atoms with Gasteiger partial charge in [0.05, 0.1) is 23.5 Å². The number of hydrogen-bond donors (Lipinski definition) is 3. The van der Waals surface area contributed by atoms with Crippen LogP contribution in [0.25, 0.3) is 0 Å². The van der Waals surface area contributed by atoms with Crippen molar-refractivity contribution in [3.05, 3.63) is 52.8 Å². The maximum atomic E-state index is 14.6. The normalized spacial score (nSPS) is 23.6. The van der Waals surface area contributed by atoms with Gasteiger partial charge in [-0.2, -0.15) is 0 Å². The molecule has 0 spiro atoms. The lowest BCUT2D eigenvalue weighted by atomic mass is 9.73. The second-order valence-corrected chi connectivity index (χ2v) is 11.1. The largest absolute Gasteiger partial charge is 0.497 e. The SMILES string of the molecule is COc1ccc(C(C(=O)NC2CCCC2)C2(C(OC)C3CCCCC3)Nc3cc(F)c(Cl)cc3N2)cc1. The van der Waals surface area contributed by atoms with Gasteiger partial charge in [0, 0.05) is 19.2 Å². The average Bonchev–Trinajstić information content (AvgIpc) is 3.54. The van der Waals surface area contributed by atoms with E-state index in [4.69, 9.17) is 21.1 Å². The number of methoxy groups -OCH3 is 2. The summed E-state index contributed by atoms with van der Waals surface area (Å²) in [6, 6.07) is 10.8. The molecule has 1 heterocycles. The number of rotatable bonds is 8. The van der Waals surface area contributed by atoms with Gasteiger partial charge in [0.15, 0.2) is 5.66 Å². The molecule has 200 valence electrons. The molecule has 37 heavy (non-hydrogen) atoms. The van der Waals surface area contributed by atoms with E-state index in [1.807, 2.05) is 24.3 Å². The lowest BCUT2D eigenvalue weighted by molar-refractivity contribution is -0.126. The van der Waals surface area contributed by atoms with E-state index < -0.39 is 17.4 Å². The predicted octanol–water partition coefficient (Wildman–Crippen LogP) is 6.46. The van der Waals surface area contributed by atoms with E-state index in [-0.39, 0.29) is 29.0 Å². The molecule has 2 aliphatic carbocycles. The summed E-state index contributed by atoms with van der Waals surface area (Å²) in [5.74, 6) is -0.302. The Morgan fingerprint density at radius 2 is 1.62 bits per heavy atom. The number of hydrogen-bond acceptors (Lipinski definition) is 5. The third-order valence-electron chi connectivity index (χ3n) is 8.39. The van der Waals surface area contributed by atoms with Crippen LogP contribution in [0.3, 0.4) is 0 Å². The van der Waals surface area contributed by atoms with Crippen molar-refractivity contribution in [2.24, 2.45) is 5.92 Å². The second-order valence-electron chi connectivity index (χ2n) is 10.7. The van der Waals surface area contributed by atoms with Gasteiger partial charge in [-0.25, -0.2) is 4.39 Å². The molecule has 6 nitrogen and oxygen atoms in total. The minimum Gasteiger partial charge on any atom is -0.497 e. The first kappa shape index (κ1) is 26.1. The number of carbonyl (C=O) groups excluding carboxylic acids is 1. The highest BCUT2D eigenvalue weighted by molar-refractivity contribution is 6.31. The summed E-state index contributed by atoms with van der Waals surface area (Å²) < 4.78 is 26.3. The molecule has 0 radical (unpaired) electrons. The van der Waals surface area contributed by atoms with Crippen molar-refractivity contribution >= 4 is 28.9 Å². The number of benzene rings is 2. The van der Waals surface area contributed by atoms with E-state index in [9.17, 15) is 9.18 Å². The summed E-state index contributed by atoms with van der Waals surface area (Å²) in [6.07, 6.45) is 9.29. The summed E-state index contributed by atoms with van der Waals surface area (Å²) in [5.41, 5.74) is 1.02. The molecule has 1 aliphatic heterocycles. The lowest BCUT2D eigenvalue weighted by Crippen LogP contribution is -2.63. The van der Waals surface area contributed by atoms with Crippen LogP contribution in [0.1, 0.15) is 69.3 Å². The van der Waals surface area contributed by atoms with Crippen LogP contribution in [0.2, 0.25) is 5.02 Å². The van der Waals surface area contributed by atoms with Gasteiger partial charge in [0.2, 0.25) is 5.91 Å². The van der Waals surface area contributed by atoms with Gasteiger partial charge >= 0.3 is 0 Å². The molecule has 0 bridgehead atoms. The van der Waals surface area contributed by atoms with Gasteiger partial charge in [-0.15, -0.1) is 0 Å². The lowest BCUT2D eigenvalue weighted by Gasteiger charge is -2.47. The summed E-state index contributed by atoms with van der Waals surface area (Å²) in [7, 11) is 3.33. The monoisotopic (exact) mass is 529 g/mol. The Labute approximate surface area is 223 Å². The van der Waals surface area contributed by atoms with Crippen LogP contribution in [-0.4, -0.2) is 37.9 Å². The maximum Gasteiger partial charge on any atom is 0.232 e. The Bertz CT molecular complexity index is 1070. The highest BCUT2D eigenvalue weighted by Gasteiger charge is 2.56. The first-order valence-electron chi connectivity index (χ1n) is 13.5. The van der Waals surface area contributed by atoms with Crippen molar-refractivity contribution in [1.82, 2.24) is 5.32 Å². The number of anilines is 2. The second kappa shape index (κ2) is 11.1. The zero-order chi connectivity index (χ0) is 26.0. The summed E-state index contributed by atoms with van der Waals surface area (Å²) in [5, 5.41) is 10.6. The molecule has 2 aromatic carbocycles. The van der Waals surface area contributed by atoms with Crippen LogP contribution in [-0.2, 0) is 9.53 Å². The Balaban J connectivity index is 1.63. The molecule has 3 aliphatic rings. The van der Waals surface area contributed by atoms with Gasteiger partial charge < -0.3 is 25.4 Å². The maximum absolute atomic E-state index is 14.6. The number of carbonyl (C=O) groups is 1. The minimum atomic E-state index is -1.05. The molecule has 0 saturated heterocycles. The van der Waals surface area contributed by atoms with Gasteiger partial charge in [-0.3, -0.25) is 4.79 Å². The molecule has 3 atom stereocenters. The zero-order valence-corrected chi connectivity index (χ0v) is 22.4. The van der Waals surface area contributed by atoms with E-state index in [2.05, 4.69) is 16.0 Å². The fourth-order valence-corrected chi connectivity index (χ4v) is 6.80. The van der Waals surface area contributed by atoms with Crippen molar-refractivity contribution in [1.29, 1.82) is 0 Å². The number of ether oxygens (including phenoxy) is 2.